The first-order chi connectivity index (χ1) is 8.79. The molecule has 0 aliphatic heterocycles. The maximum Gasteiger partial charge on any atom is 0.209 e. The summed E-state index contributed by atoms with van der Waals surface area (Å²) in [6, 6.07) is 0. The van der Waals surface area contributed by atoms with E-state index < -0.39 is 12.6 Å². The minimum absolute atomic E-state index is 0.421. The monoisotopic (exact) mass is 266 g/mol. The van der Waals surface area contributed by atoms with Gasteiger partial charge >= 0.3 is 0 Å². The van der Waals surface area contributed by atoms with Crippen LogP contribution in [0.15, 0.2) is 0 Å². The Morgan fingerprint density at radius 3 is 1.33 bits per heavy atom. The van der Waals surface area contributed by atoms with Crippen molar-refractivity contribution in [1.82, 2.24) is 0 Å². The van der Waals surface area contributed by atoms with E-state index in [2.05, 4.69) is 0 Å². The molecule has 0 spiro atoms. The van der Waals surface area contributed by atoms with Crippen molar-refractivity contribution in [3.05, 3.63) is 0 Å². The molecule has 0 unspecified atom stereocenters. The van der Waals surface area contributed by atoms with Crippen molar-refractivity contribution in [1.29, 1.82) is 0 Å². The summed E-state index contributed by atoms with van der Waals surface area (Å²) < 4.78 is 31.9. The van der Waals surface area contributed by atoms with E-state index in [0.717, 1.165) is 0 Å². The standard InChI is InChI=1S/C12H26O6/c1-5-15-11(16-6-2)12(17-9-7-13-3)18-10-8-14-4/h11-12H,5-10H2,1-4H3. The van der Waals surface area contributed by atoms with Gasteiger partial charge in [0, 0.05) is 27.4 Å². The number of methoxy groups -OCH3 is 2. The van der Waals surface area contributed by atoms with Crippen molar-refractivity contribution in [2.45, 2.75) is 26.4 Å². The third-order valence-electron chi connectivity index (χ3n) is 2.02. The van der Waals surface area contributed by atoms with Crippen molar-refractivity contribution >= 4 is 0 Å². The van der Waals surface area contributed by atoms with E-state index in [9.17, 15) is 0 Å². The fourth-order valence-corrected chi connectivity index (χ4v) is 1.23. The molecule has 0 bridgehead atoms. The van der Waals surface area contributed by atoms with Gasteiger partial charge in [0.25, 0.3) is 0 Å². The van der Waals surface area contributed by atoms with Crippen LogP contribution in [0.4, 0.5) is 0 Å². The maximum atomic E-state index is 5.54. The quantitative estimate of drug-likeness (QED) is 0.367. The molecule has 18 heavy (non-hydrogen) atoms. The molecule has 6 nitrogen and oxygen atoms in total. The van der Waals surface area contributed by atoms with Gasteiger partial charge < -0.3 is 28.4 Å². The minimum Gasteiger partial charge on any atom is -0.382 e. The van der Waals surface area contributed by atoms with E-state index in [1.165, 1.54) is 0 Å². The first-order valence-corrected chi connectivity index (χ1v) is 6.24. The highest BCUT2D eigenvalue weighted by Gasteiger charge is 2.23. The predicted molar refractivity (Wildman–Crippen MR) is 66.5 cm³/mol. The Labute approximate surface area is 109 Å². The molecule has 0 N–H and O–H groups in total. The van der Waals surface area contributed by atoms with Crippen LogP contribution in [0.2, 0.25) is 0 Å². The summed E-state index contributed by atoms with van der Waals surface area (Å²) in [5, 5.41) is 0. The summed E-state index contributed by atoms with van der Waals surface area (Å²) in [6.45, 7) is 6.69. The van der Waals surface area contributed by atoms with Gasteiger partial charge in [0.15, 0.2) is 0 Å². The van der Waals surface area contributed by atoms with Crippen LogP contribution in [0.1, 0.15) is 13.8 Å². The number of ether oxygens (including phenoxy) is 6. The number of hydrogen-bond donors (Lipinski definition) is 0. The van der Waals surface area contributed by atoms with Gasteiger partial charge in [-0.1, -0.05) is 0 Å². The third kappa shape index (κ3) is 8.79. The average molecular weight is 266 g/mol. The molecule has 0 amide bonds. The summed E-state index contributed by atoms with van der Waals surface area (Å²) in [7, 11) is 3.24. The van der Waals surface area contributed by atoms with E-state index >= 15 is 0 Å². The van der Waals surface area contributed by atoms with Crippen LogP contribution in [-0.2, 0) is 28.4 Å². The van der Waals surface area contributed by atoms with Crippen LogP contribution in [0.3, 0.4) is 0 Å². The Balaban J connectivity index is 4.18. The van der Waals surface area contributed by atoms with Crippen molar-refractivity contribution in [2.24, 2.45) is 0 Å². The molecule has 0 heterocycles. The van der Waals surface area contributed by atoms with E-state index in [1.807, 2.05) is 13.8 Å². The molecule has 0 radical (unpaired) electrons. The second kappa shape index (κ2) is 13.2. The van der Waals surface area contributed by atoms with Gasteiger partial charge in [-0.2, -0.15) is 0 Å². The molecular weight excluding hydrogens is 240 g/mol. The van der Waals surface area contributed by atoms with Crippen LogP contribution in [0.25, 0.3) is 0 Å². The smallest absolute Gasteiger partial charge is 0.209 e. The SMILES string of the molecule is CCOC(OCC)C(OCCOC)OCCOC. The maximum absolute atomic E-state index is 5.54. The zero-order valence-electron chi connectivity index (χ0n) is 11.8. The summed E-state index contributed by atoms with van der Waals surface area (Å²) in [5.74, 6) is 0. The molecule has 0 aromatic rings. The Morgan fingerprint density at radius 2 is 1.00 bits per heavy atom. The highest BCUT2D eigenvalue weighted by Crippen LogP contribution is 2.08. The average Bonchev–Trinajstić information content (AvgIpc) is 2.37. The van der Waals surface area contributed by atoms with Crippen LogP contribution in [0, 0.1) is 0 Å². The normalized spacial score (nSPS) is 11.7. The second-order valence-electron chi connectivity index (χ2n) is 3.37. The highest BCUT2D eigenvalue weighted by atomic mass is 16.8. The highest BCUT2D eigenvalue weighted by molar-refractivity contribution is 4.52. The lowest BCUT2D eigenvalue weighted by atomic mass is 10.5. The molecule has 6 heteroatoms. The van der Waals surface area contributed by atoms with Gasteiger partial charge in [-0.05, 0) is 13.8 Å². The zero-order chi connectivity index (χ0) is 13.6. The van der Waals surface area contributed by atoms with Crippen LogP contribution in [-0.4, -0.2) is 66.4 Å². The van der Waals surface area contributed by atoms with E-state index in [1.54, 1.807) is 14.2 Å². The summed E-state index contributed by atoms with van der Waals surface area (Å²) in [4.78, 5) is 0. The minimum atomic E-state index is -0.574. The lowest BCUT2D eigenvalue weighted by Crippen LogP contribution is -2.38. The number of rotatable bonds is 13. The molecule has 0 aromatic carbocycles. The first-order valence-electron chi connectivity index (χ1n) is 6.24. The van der Waals surface area contributed by atoms with Crippen LogP contribution < -0.4 is 0 Å². The second-order valence-corrected chi connectivity index (χ2v) is 3.37. The topological polar surface area (TPSA) is 55.4 Å². The van der Waals surface area contributed by atoms with E-state index in [0.29, 0.717) is 39.6 Å². The van der Waals surface area contributed by atoms with Gasteiger partial charge in [-0.15, -0.1) is 0 Å². The molecular formula is C12H26O6. The van der Waals surface area contributed by atoms with Crippen molar-refractivity contribution in [2.75, 3.05) is 53.9 Å². The largest absolute Gasteiger partial charge is 0.382 e. The molecule has 0 rings (SSSR count). The van der Waals surface area contributed by atoms with Crippen LogP contribution in [0.5, 0.6) is 0 Å². The fourth-order valence-electron chi connectivity index (χ4n) is 1.23. The fraction of sp³-hybridized carbons (Fsp3) is 1.00. The molecule has 0 aliphatic rings. The zero-order valence-corrected chi connectivity index (χ0v) is 11.8. The summed E-state index contributed by atoms with van der Waals surface area (Å²) in [6.07, 6.45) is -1.11. The summed E-state index contributed by atoms with van der Waals surface area (Å²) >= 11 is 0. The summed E-state index contributed by atoms with van der Waals surface area (Å²) in [5.41, 5.74) is 0. The molecule has 0 saturated heterocycles. The Bertz CT molecular complexity index is 151. The van der Waals surface area contributed by atoms with Crippen molar-refractivity contribution in [3.63, 3.8) is 0 Å². The molecule has 0 aromatic heterocycles. The molecule has 0 fully saturated rings. The Hall–Kier alpha value is -0.240. The lowest BCUT2D eigenvalue weighted by Gasteiger charge is -2.26. The molecule has 110 valence electrons. The van der Waals surface area contributed by atoms with Crippen molar-refractivity contribution in [3.8, 4) is 0 Å². The first kappa shape index (κ1) is 17.8. The van der Waals surface area contributed by atoms with Crippen molar-refractivity contribution < 1.29 is 28.4 Å². The van der Waals surface area contributed by atoms with Gasteiger partial charge in [0.2, 0.25) is 12.6 Å². The molecule has 0 aliphatic carbocycles. The number of hydrogen-bond acceptors (Lipinski definition) is 6. The Kier molecular flexibility index (Phi) is 13.0. The van der Waals surface area contributed by atoms with Gasteiger partial charge in [0.1, 0.15) is 0 Å². The van der Waals surface area contributed by atoms with E-state index in [-0.39, 0.29) is 0 Å². The van der Waals surface area contributed by atoms with Gasteiger partial charge in [-0.3, -0.25) is 0 Å². The molecule has 0 saturated carbocycles. The lowest BCUT2D eigenvalue weighted by molar-refractivity contribution is -0.287. The van der Waals surface area contributed by atoms with Gasteiger partial charge in [-0.25, -0.2) is 0 Å². The molecule has 0 atom stereocenters. The van der Waals surface area contributed by atoms with Crippen LogP contribution >= 0.6 is 0 Å². The third-order valence-corrected chi connectivity index (χ3v) is 2.02. The van der Waals surface area contributed by atoms with E-state index in [4.69, 9.17) is 28.4 Å². The van der Waals surface area contributed by atoms with Gasteiger partial charge in [0.05, 0.1) is 26.4 Å². The Morgan fingerprint density at radius 1 is 0.611 bits per heavy atom. The predicted octanol–water partition coefficient (Wildman–Crippen LogP) is 1.04.